The summed E-state index contributed by atoms with van der Waals surface area (Å²) in [5.74, 6) is -1.74. The summed E-state index contributed by atoms with van der Waals surface area (Å²) >= 11 is 0. The van der Waals surface area contributed by atoms with Crippen molar-refractivity contribution in [1.82, 2.24) is 0 Å². The second kappa shape index (κ2) is 7.12. The Morgan fingerprint density at radius 3 is 2.55 bits per heavy atom. The zero-order valence-corrected chi connectivity index (χ0v) is 11.3. The minimum absolute atomic E-state index is 0.149. The maximum absolute atomic E-state index is 13.6. The van der Waals surface area contributed by atoms with Crippen LogP contribution in [0.2, 0.25) is 0 Å². The Balaban J connectivity index is 2.90. The number of ketones is 1. The molecule has 0 saturated heterocycles. The highest BCUT2D eigenvalue weighted by Gasteiger charge is 2.25. The van der Waals surface area contributed by atoms with E-state index in [0.717, 1.165) is 12.1 Å². The summed E-state index contributed by atoms with van der Waals surface area (Å²) in [5.41, 5.74) is -0.0155. The predicted octanol–water partition coefficient (Wildman–Crippen LogP) is 1.38. The van der Waals surface area contributed by atoms with E-state index in [-0.39, 0.29) is 23.5 Å². The molecule has 0 saturated carbocycles. The van der Waals surface area contributed by atoms with Gasteiger partial charge >= 0.3 is 5.97 Å². The molecule has 0 radical (unpaired) electrons. The van der Waals surface area contributed by atoms with Crippen molar-refractivity contribution in [3.63, 3.8) is 0 Å². The number of ether oxygens (including phenoxy) is 1. The highest BCUT2D eigenvalue weighted by Crippen LogP contribution is 2.23. The molecule has 5 nitrogen and oxygen atoms in total. The van der Waals surface area contributed by atoms with E-state index in [9.17, 15) is 24.2 Å². The summed E-state index contributed by atoms with van der Waals surface area (Å²) in [7, 11) is 0. The van der Waals surface area contributed by atoms with Crippen LogP contribution in [0, 0.1) is 5.82 Å². The first-order valence-corrected chi connectivity index (χ1v) is 6.19. The fraction of sp³-hybridized carbons (Fsp3) is 0.429. The van der Waals surface area contributed by atoms with Gasteiger partial charge in [0.1, 0.15) is 11.9 Å². The smallest absolute Gasteiger partial charge is 0.308 e. The number of aliphatic hydroxyl groups excluding tert-OH is 2. The molecule has 2 unspecified atom stereocenters. The minimum atomic E-state index is -1.61. The second-order valence-corrected chi connectivity index (χ2v) is 4.31. The van der Waals surface area contributed by atoms with E-state index in [1.165, 1.54) is 13.0 Å². The van der Waals surface area contributed by atoms with Crippen molar-refractivity contribution < 1.29 is 28.9 Å². The van der Waals surface area contributed by atoms with Gasteiger partial charge in [0.15, 0.2) is 5.78 Å². The number of carbonyl (C=O) groups is 2. The molecule has 0 spiro atoms. The van der Waals surface area contributed by atoms with Gasteiger partial charge in [-0.1, -0.05) is 0 Å². The van der Waals surface area contributed by atoms with Crippen LogP contribution in [-0.4, -0.2) is 34.7 Å². The molecular weight excluding hydrogens is 267 g/mol. The van der Waals surface area contributed by atoms with E-state index in [4.69, 9.17) is 0 Å². The molecule has 2 N–H and O–H groups in total. The van der Waals surface area contributed by atoms with Crippen molar-refractivity contribution in [2.45, 2.75) is 32.5 Å². The van der Waals surface area contributed by atoms with Gasteiger partial charge in [0, 0.05) is 11.1 Å². The van der Waals surface area contributed by atoms with Crippen LogP contribution >= 0.6 is 0 Å². The summed E-state index contributed by atoms with van der Waals surface area (Å²) < 4.78 is 18.3. The van der Waals surface area contributed by atoms with Crippen molar-refractivity contribution in [1.29, 1.82) is 0 Å². The van der Waals surface area contributed by atoms with Crippen LogP contribution in [0.25, 0.3) is 0 Å². The summed E-state index contributed by atoms with van der Waals surface area (Å²) in [6, 6.07) is 3.48. The number of carbonyl (C=O) groups excluding carboxylic acids is 2. The molecule has 2 atom stereocenters. The van der Waals surface area contributed by atoms with Gasteiger partial charge in [-0.25, -0.2) is 4.39 Å². The van der Waals surface area contributed by atoms with Crippen molar-refractivity contribution in [2.24, 2.45) is 0 Å². The van der Waals surface area contributed by atoms with E-state index < -0.39 is 30.4 Å². The third-order valence-corrected chi connectivity index (χ3v) is 2.77. The Morgan fingerprint density at radius 2 is 2.00 bits per heavy atom. The number of aliphatic hydroxyl groups is 2. The van der Waals surface area contributed by atoms with E-state index in [1.54, 1.807) is 6.92 Å². The normalized spacial score (nSPS) is 13.7. The lowest BCUT2D eigenvalue weighted by Gasteiger charge is -2.18. The molecule has 0 heterocycles. The summed E-state index contributed by atoms with van der Waals surface area (Å²) in [4.78, 5) is 22.4. The molecule has 0 aliphatic rings. The number of benzene rings is 1. The monoisotopic (exact) mass is 284 g/mol. The molecule has 1 aromatic rings. The summed E-state index contributed by atoms with van der Waals surface area (Å²) in [6.07, 6.45) is -3.58. The van der Waals surface area contributed by atoms with Crippen molar-refractivity contribution in [2.75, 3.05) is 6.61 Å². The summed E-state index contributed by atoms with van der Waals surface area (Å²) in [6.45, 7) is 3.06. The van der Waals surface area contributed by atoms with Crippen LogP contribution < -0.4 is 0 Å². The second-order valence-electron chi connectivity index (χ2n) is 4.31. The number of rotatable bonds is 6. The topological polar surface area (TPSA) is 83.8 Å². The molecule has 20 heavy (non-hydrogen) atoms. The van der Waals surface area contributed by atoms with E-state index >= 15 is 0 Å². The average Bonchev–Trinajstić information content (AvgIpc) is 2.38. The van der Waals surface area contributed by atoms with Gasteiger partial charge in [-0.15, -0.1) is 0 Å². The molecule has 1 rings (SSSR count). The van der Waals surface area contributed by atoms with Gasteiger partial charge in [0.25, 0.3) is 0 Å². The van der Waals surface area contributed by atoms with E-state index in [0.29, 0.717) is 0 Å². The van der Waals surface area contributed by atoms with Crippen molar-refractivity contribution in [3.05, 3.63) is 35.1 Å². The highest BCUT2D eigenvalue weighted by molar-refractivity contribution is 5.94. The van der Waals surface area contributed by atoms with E-state index in [2.05, 4.69) is 4.74 Å². The first kappa shape index (κ1) is 16.3. The predicted molar refractivity (Wildman–Crippen MR) is 68.6 cm³/mol. The standard InChI is InChI=1S/C14H17FO5/c1-3-20-13(18)7-12(17)14(19)10-6-9(8(2)16)4-5-11(10)15/h4-6,12,14,17,19H,3,7H2,1-2H3. The molecule has 1 aromatic carbocycles. The van der Waals surface area contributed by atoms with Crippen LogP contribution in [0.4, 0.5) is 4.39 Å². The van der Waals surface area contributed by atoms with Gasteiger partial charge in [0.2, 0.25) is 0 Å². The van der Waals surface area contributed by atoms with Crippen LogP contribution in [0.3, 0.4) is 0 Å². The Labute approximate surface area is 116 Å². The fourth-order valence-corrected chi connectivity index (χ4v) is 1.70. The van der Waals surface area contributed by atoms with Gasteiger partial charge in [-0.3, -0.25) is 9.59 Å². The minimum Gasteiger partial charge on any atom is -0.466 e. The first-order valence-electron chi connectivity index (χ1n) is 6.19. The van der Waals surface area contributed by atoms with Crippen molar-refractivity contribution >= 4 is 11.8 Å². The molecule has 0 aromatic heterocycles. The number of Topliss-reactive ketones (excluding diaryl/α,β-unsaturated/α-hetero) is 1. The SMILES string of the molecule is CCOC(=O)CC(O)C(O)c1cc(C(C)=O)ccc1F. The third-order valence-electron chi connectivity index (χ3n) is 2.77. The molecule has 0 aliphatic carbocycles. The van der Waals surface area contributed by atoms with Crippen molar-refractivity contribution in [3.8, 4) is 0 Å². The Hall–Kier alpha value is -1.79. The number of hydrogen-bond acceptors (Lipinski definition) is 5. The van der Waals surface area contributed by atoms with Crippen LogP contribution in [0.15, 0.2) is 18.2 Å². The largest absolute Gasteiger partial charge is 0.466 e. The molecule has 110 valence electrons. The molecule has 0 aliphatic heterocycles. The Morgan fingerprint density at radius 1 is 1.35 bits per heavy atom. The van der Waals surface area contributed by atoms with Gasteiger partial charge < -0.3 is 14.9 Å². The van der Waals surface area contributed by atoms with Gasteiger partial charge in [-0.05, 0) is 32.0 Å². The zero-order valence-electron chi connectivity index (χ0n) is 11.3. The van der Waals surface area contributed by atoms with Gasteiger partial charge in [-0.2, -0.15) is 0 Å². The quantitative estimate of drug-likeness (QED) is 0.609. The fourth-order valence-electron chi connectivity index (χ4n) is 1.70. The molecule has 0 bridgehead atoms. The first-order chi connectivity index (χ1) is 9.36. The number of esters is 1. The van der Waals surface area contributed by atoms with Crippen LogP contribution in [0.1, 0.15) is 42.3 Å². The Kier molecular flexibility index (Phi) is 5.79. The highest BCUT2D eigenvalue weighted by atomic mass is 19.1. The lowest BCUT2D eigenvalue weighted by atomic mass is 9.98. The molecule has 6 heteroatoms. The molecule has 0 amide bonds. The lowest BCUT2D eigenvalue weighted by molar-refractivity contribution is -0.147. The maximum Gasteiger partial charge on any atom is 0.308 e. The average molecular weight is 284 g/mol. The van der Waals surface area contributed by atoms with Gasteiger partial charge in [0.05, 0.1) is 19.1 Å². The lowest BCUT2D eigenvalue weighted by Crippen LogP contribution is -2.24. The van der Waals surface area contributed by atoms with Crippen LogP contribution in [0.5, 0.6) is 0 Å². The zero-order chi connectivity index (χ0) is 15.3. The number of halogens is 1. The third kappa shape index (κ3) is 4.11. The van der Waals surface area contributed by atoms with E-state index in [1.807, 2.05) is 0 Å². The molecular formula is C14H17FO5. The maximum atomic E-state index is 13.6. The molecule has 0 fully saturated rings. The number of hydrogen-bond donors (Lipinski definition) is 2. The summed E-state index contributed by atoms with van der Waals surface area (Å²) in [5, 5.41) is 19.6. The van der Waals surface area contributed by atoms with Crippen LogP contribution in [-0.2, 0) is 9.53 Å². The Bertz CT molecular complexity index is 500.